The molecule has 1 N–H and O–H groups in total. The van der Waals surface area contributed by atoms with Crippen molar-refractivity contribution in [3.05, 3.63) is 59.2 Å². The van der Waals surface area contributed by atoms with Crippen LogP contribution in [0.2, 0.25) is 0 Å². The van der Waals surface area contributed by atoms with Crippen LogP contribution in [-0.4, -0.2) is 51.1 Å². The largest absolute Gasteiger partial charge is 0.497 e. The normalized spacial score (nSPS) is 17.3. The van der Waals surface area contributed by atoms with E-state index >= 15 is 0 Å². The molecule has 5 heteroatoms. The van der Waals surface area contributed by atoms with Crippen LogP contribution in [-0.2, 0) is 17.6 Å². The molecule has 31 heavy (non-hydrogen) atoms. The molecule has 0 spiro atoms. The van der Waals surface area contributed by atoms with E-state index in [1.54, 1.807) is 7.11 Å². The van der Waals surface area contributed by atoms with E-state index in [1.165, 1.54) is 36.1 Å². The number of anilines is 1. The van der Waals surface area contributed by atoms with Gasteiger partial charge in [0.05, 0.1) is 13.2 Å². The Labute approximate surface area is 186 Å². The Bertz CT molecular complexity index is 875. The molecule has 0 aromatic heterocycles. The number of likely N-dealkylation sites (tertiary alicyclic amines) is 1. The van der Waals surface area contributed by atoms with Crippen LogP contribution < -0.4 is 15.0 Å². The number of rotatable bonds is 8. The average Bonchev–Trinajstić information content (AvgIpc) is 3.33. The first kappa shape index (κ1) is 21.7. The van der Waals surface area contributed by atoms with Crippen LogP contribution in [0, 0.1) is 0 Å². The van der Waals surface area contributed by atoms with E-state index in [2.05, 4.69) is 40.4 Å². The average molecular weight is 422 g/mol. The molecule has 166 valence electrons. The molecule has 0 bridgehead atoms. The van der Waals surface area contributed by atoms with Gasteiger partial charge in [0.2, 0.25) is 5.91 Å². The summed E-state index contributed by atoms with van der Waals surface area (Å²) < 4.78 is 5.20. The summed E-state index contributed by atoms with van der Waals surface area (Å²) in [5.41, 5.74) is 5.30. The summed E-state index contributed by atoms with van der Waals surface area (Å²) in [6, 6.07) is 15.1. The Balaban J connectivity index is 1.38. The number of carbonyl (C=O) groups excluding carboxylic acids is 1. The molecule has 1 atom stereocenters. The molecule has 0 aliphatic carbocycles. The molecule has 5 nitrogen and oxygen atoms in total. The standard InChI is InChI=1S/C26H35N3O2/c1-28-15-5-6-21-18-22(10-13-24(21)28)25(29-16-3-4-17-29)19-27-26(30)14-9-20-7-11-23(31-2)12-8-20/h7-8,10-13,18,25H,3-6,9,14-17,19H2,1-2H3,(H,27,30)/t25-/m1/s1. The molecule has 2 aromatic carbocycles. The summed E-state index contributed by atoms with van der Waals surface area (Å²) in [4.78, 5) is 17.5. The van der Waals surface area contributed by atoms with Crippen LogP contribution in [0.5, 0.6) is 5.75 Å². The molecule has 2 aliphatic rings. The highest BCUT2D eigenvalue weighted by molar-refractivity contribution is 5.76. The fraction of sp³-hybridized carbons (Fsp3) is 0.500. The van der Waals surface area contributed by atoms with E-state index in [0.717, 1.165) is 43.8 Å². The van der Waals surface area contributed by atoms with E-state index in [4.69, 9.17) is 4.74 Å². The summed E-state index contributed by atoms with van der Waals surface area (Å²) >= 11 is 0. The van der Waals surface area contributed by atoms with Crippen molar-refractivity contribution in [3.63, 3.8) is 0 Å². The number of fused-ring (bicyclic) bond motifs is 1. The third kappa shape index (κ3) is 5.40. The highest BCUT2D eigenvalue weighted by Gasteiger charge is 2.25. The molecule has 1 amide bonds. The van der Waals surface area contributed by atoms with Crippen LogP contribution in [0.4, 0.5) is 5.69 Å². The monoisotopic (exact) mass is 421 g/mol. The van der Waals surface area contributed by atoms with Gasteiger partial charge in [0, 0.05) is 32.2 Å². The minimum Gasteiger partial charge on any atom is -0.497 e. The number of benzene rings is 2. The minimum atomic E-state index is 0.123. The molecular formula is C26H35N3O2. The van der Waals surface area contributed by atoms with Gasteiger partial charge in [-0.1, -0.05) is 24.3 Å². The summed E-state index contributed by atoms with van der Waals surface area (Å²) in [6.45, 7) is 4.04. The Morgan fingerprint density at radius 3 is 2.58 bits per heavy atom. The summed E-state index contributed by atoms with van der Waals surface area (Å²) in [6.07, 6.45) is 6.10. The van der Waals surface area contributed by atoms with E-state index < -0.39 is 0 Å². The Kier molecular flexibility index (Phi) is 7.13. The maximum Gasteiger partial charge on any atom is 0.220 e. The Morgan fingerprint density at radius 2 is 1.84 bits per heavy atom. The SMILES string of the molecule is COc1ccc(CCC(=O)NC[C@H](c2ccc3c(c2)CCCN3C)N2CCCC2)cc1. The first-order valence-corrected chi connectivity index (χ1v) is 11.6. The maximum absolute atomic E-state index is 12.6. The van der Waals surface area contributed by atoms with Gasteiger partial charge in [-0.25, -0.2) is 0 Å². The molecule has 1 saturated heterocycles. The maximum atomic E-state index is 12.6. The number of methoxy groups -OCH3 is 1. The molecule has 1 fully saturated rings. The van der Waals surface area contributed by atoms with Gasteiger partial charge in [0.25, 0.3) is 0 Å². The van der Waals surface area contributed by atoms with Crippen LogP contribution in [0.1, 0.15) is 48.4 Å². The van der Waals surface area contributed by atoms with Crippen LogP contribution in [0.3, 0.4) is 0 Å². The quantitative estimate of drug-likeness (QED) is 0.701. The lowest BCUT2D eigenvalue weighted by Gasteiger charge is -2.32. The van der Waals surface area contributed by atoms with Crippen molar-refractivity contribution >= 4 is 11.6 Å². The molecule has 0 radical (unpaired) electrons. The molecule has 2 aromatic rings. The lowest BCUT2D eigenvalue weighted by Crippen LogP contribution is -2.37. The van der Waals surface area contributed by atoms with Gasteiger partial charge in [-0.15, -0.1) is 0 Å². The first-order chi connectivity index (χ1) is 15.1. The third-order valence-electron chi connectivity index (χ3n) is 6.71. The number of carbonyl (C=O) groups is 1. The summed E-state index contributed by atoms with van der Waals surface area (Å²) in [5.74, 6) is 0.968. The zero-order valence-corrected chi connectivity index (χ0v) is 18.9. The van der Waals surface area contributed by atoms with Gasteiger partial charge < -0.3 is 15.0 Å². The highest BCUT2D eigenvalue weighted by atomic mass is 16.5. The van der Waals surface area contributed by atoms with E-state index in [1.807, 2.05) is 24.3 Å². The Morgan fingerprint density at radius 1 is 1.06 bits per heavy atom. The highest BCUT2D eigenvalue weighted by Crippen LogP contribution is 2.31. The number of hydrogen-bond donors (Lipinski definition) is 1. The fourth-order valence-electron chi connectivity index (χ4n) is 4.87. The van der Waals surface area contributed by atoms with Crippen molar-refractivity contribution in [1.29, 1.82) is 0 Å². The van der Waals surface area contributed by atoms with Gasteiger partial charge in [-0.05, 0) is 80.1 Å². The van der Waals surface area contributed by atoms with Gasteiger partial charge >= 0.3 is 0 Å². The fourth-order valence-corrected chi connectivity index (χ4v) is 4.87. The zero-order valence-electron chi connectivity index (χ0n) is 18.9. The second-order valence-electron chi connectivity index (χ2n) is 8.82. The van der Waals surface area contributed by atoms with Crippen molar-refractivity contribution in [2.24, 2.45) is 0 Å². The minimum absolute atomic E-state index is 0.123. The van der Waals surface area contributed by atoms with E-state index in [-0.39, 0.29) is 11.9 Å². The van der Waals surface area contributed by atoms with Crippen LogP contribution >= 0.6 is 0 Å². The summed E-state index contributed by atoms with van der Waals surface area (Å²) in [5, 5.41) is 3.22. The topological polar surface area (TPSA) is 44.8 Å². The van der Waals surface area contributed by atoms with Crippen molar-refractivity contribution in [1.82, 2.24) is 10.2 Å². The van der Waals surface area contributed by atoms with Crippen molar-refractivity contribution < 1.29 is 9.53 Å². The predicted octanol–water partition coefficient (Wildman–Crippen LogP) is 3.96. The van der Waals surface area contributed by atoms with Crippen molar-refractivity contribution in [3.8, 4) is 5.75 Å². The number of amides is 1. The van der Waals surface area contributed by atoms with Crippen molar-refractivity contribution in [2.75, 3.05) is 45.2 Å². The van der Waals surface area contributed by atoms with Crippen molar-refractivity contribution in [2.45, 2.75) is 44.6 Å². The number of nitrogens with zero attached hydrogens (tertiary/aromatic N) is 2. The smallest absolute Gasteiger partial charge is 0.220 e. The molecular weight excluding hydrogens is 386 g/mol. The second-order valence-corrected chi connectivity index (χ2v) is 8.82. The predicted molar refractivity (Wildman–Crippen MR) is 126 cm³/mol. The number of aryl methyl sites for hydroxylation is 2. The van der Waals surface area contributed by atoms with Gasteiger partial charge in [0.1, 0.15) is 5.75 Å². The van der Waals surface area contributed by atoms with E-state index in [9.17, 15) is 4.79 Å². The number of ether oxygens (including phenoxy) is 1. The third-order valence-corrected chi connectivity index (χ3v) is 6.71. The number of nitrogens with one attached hydrogen (secondary N) is 1. The van der Waals surface area contributed by atoms with Crippen LogP contribution in [0.15, 0.2) is 42.5 Å². The van der Waals surface area contributed by atoms with Gasteiger partial charge in [-0.2, -0.15) is 0 Å². The lowest BCUT2D eigenvalue weighted by atomic mass is 9.96. The van der Waals surface area contributed by atoms with E-state index in [0.29, 0.717) is 13.0 Å². The second kappa shape index (κ2) is 10.2. The zero-order chi connectivity index (χ0) is 21.6. The summed E-state index contributed by atoms with van der Waals surface area (Å²) in [7, 11) is 3.85. The lowest BCUT2D eigenvalue weighted by molar-refractivity contribution is -0.121. The molecule has 2 aliphatic heterocycles. The Hall–Kier alpha value is -2.53. The first-order valence-electron chi connectivity index (χ1n) is 11.6. The van der Waals surface area contributed by atoms with Crippen LogP contribution in [0.25, 0.3) is 0 Å². The van der Waals surface area contributed by atoms with Gasteiger partial charge in [-0.3, -0.25) is 9.69 Å². The number of hydrogen-bond acceptors (Lipinski definition) is 4. The molecule has 4 rings (SSSR count). The molecule has 0 saturated carbocycles. The molecule has 2 heterocycles. The molecule has 0 unspecified atom stereocenters. The van der Waals surface area contributed by atoms with Gasteiger partial charge in [0.15, 0.2) is 0 Å².